The molecule has 0 fully saturated rings. The fraction of sp³-hybridized carbons (Fsp3) is 0.250. The third kappa shape index (κ3) is 2.00. The van der Waals surface area contributed by atoms with Crippen LogP contribution in [-0.2, 0) is 0 Å². The largest absolute Gasteiger partial charge is 0.393 e. The lowest BCUT2D eigenvalue weighted by Gasteiger charge is -2.05. The summed E-state index contributed by atoms with van der Waals surface area (Å²) in [5.41, 5.74) is 0.522. The molecule has 0 unspecified atom stereocenters. The minimum Gasteiger partial charge on any atom is -0.393 e. The van der Waals surface area contributed by atoms with E-state index in [4.69, 9.17) is 10.2 Å². The number of benzene rings is 1. The van der Waals surface area contributed by atoms with Crippen molar-refractivity contribution in [2.45, 2.75) is 6.10 Å². The molecular formula is C8H9FO2. The van der Waals surface area contributed by atoms with Crippen LogP contribution in [0.4, 0.5) is 4.39 Å². The Morgan fingerprint density at radius 3 is 2.27 bits per heavy atom. The van der Waals surface area contributed by atoms with Crippen LogP contribution in [0.1, 0.15) is 11.7 Å². The van der Waals surface area contributed by atoms with E-state index < -0.39 is 6.10 Å². The van der Waals surface area contributed by atoms with E-state index in [0.29, 0.717) is 5.56 Å². The molecule has 0 spiro atoms. The SMILES string of the molecule is OC[C@H](O)c1ccc(F)cc1. The van der Waals surface area contributed by atoms with Crippen molar-refractivity contribution in [3.8, 4) is 0 Å². The summed E-state index contributed by atoms with van der Waals surface area (Å²) in [7, 11) is 0. The van der Waals surface area contributed by atoms with Gasteiger partial charge in [-0.15, -0.1) is 0 Å². The Balaban J connectivity index is 2.81. The molecule has 0 aliphatic carbocycles. The lowest BCUT2D eigenvalue weighted by atomic mass is 10.1. The van der Waals surface area contributed by atoms with Gasteiger partial charge < -0.3 is 10.2 Å². The van der Waals surface area contributed by atoms with Crippen LogP contribution in [0.25, 0.3) is 0 Å². The van der Waals surface area contributed by atoms with Crippen LogP contribution in [0, 0.1) is 5.82 Å². The average Bonchev–Trinajstić information content (AvgIpc) is 2.05. The zero-order chi connectivity index (χ0) is 8.27. The van der Waals surface area contributed by atoms with E-state index in [9.17, 15) is 4.39 Å². The number of rotatable bonds is 2. The fourth-order valence-corrected chi connectivity index (χ4v) is 0.790. The number of aliphatic hydroxyl groups excluding tert-OH is 2. The van der Waals surface area contributed by atoms with Crippen LogP contribution in [0.3, 0.4) is 0 Å². The molecule has 0 aromatic heterocycles. The van der Waals surface area contributed by atoms with E-state index in [0.717, 1.165) is 0 Å². The van der Waals surface area contributed by atoms with Crippen LogP contribution in [0.2, 0.25) is 0 Å². The summed E-state index contributed by atoms with van der Waals surface area (Å²) in [6.07, 6.45) is -0.907. The molecule has 0 heterocycles. The monoisotopic (exact) mass is 156 g/mol. The molecule has 1 rings (SSSR count). The third-order valence-electron chi connectivity index (χ3n) is 1.43. The molecule has 0 aliphatic rings. The van der Waals surface area contributed by atoms with E-state index in [1.807, 2.05) is 0 Å². The number of halogens is 1. The van der Waals surface area contributed by atoms with Crippen molar-refractivity contribution >= 4 is 0 Å². The smallest absolute Gasteiger partial charge is 0.123 e. The van der Waals surface area contributed by atoms with Gasteiger partial charge >= 0.3 is 0 Å². The standard InChI is InChI=1S/C8H9FO2/c9-7-3-1-6(2-4-7)8(11)5-10/h1-4,8,10-11H,5H2/t8-/m0/s1. The van der Waals surface area contributed by atoms with Gasteiger partial charge in [0.15, 0.2) is 0 Å². The summed E-state index contributed by atoms with van der Waals surface area (Å²) >= 11 is 0. The molecule has 0 aliphatic heterocycles. The Bertz CT molecular complexity index is 220. The van der Waals surface area contributed by atoms with Crippen molar-refractivity contribution < 1.29 is 14.6 Å². The quantitative estimate of drug-likeness (QED) is 0.666. The summed E-state index contributed by atoms with van der Waals surface area (Å²) in [6.45, 7) is -0.342. The van der Waals surface area contributed by atoms with Crippen LogP contribution in [0.5, 0.6) is 0 Å². The van der Waals surface area contributed by atoms with E-state index in [1.54, 1.807) is 0 Å². The Morgan fingerprint density at radius 1 is 1.27 bits per heavy atom. The molecule has 0 bridgehead atoms. The molecule has 0 saturated carbocycles. The van der Waals surface area contributed by atoms with Gasteiger partial charge in [0.1, 0.15) is 11.9 Å². The first-order valence-electron chi connectivity index (χ1n) is 3.28. The zero-order valence-electron chi connectivity index (χ0n) is 5.87. The average molecular weight is 156 g/mol. The topological polar surface area (TPSA) is 40.5 Å². The molecule has 60 valence electrons. The van der Waals surface area contributed by atoms with Crippen LogP contribution < -0.4 is 0 Å². The van der Waals surface area contributed by atoms with E-state index in [2.05, 4.69) is 0 Å². The highest BCUT2D eigenvalue weighted by Gasteiger charge is 2.03. The van der Waals surface area contributed by atoms with Gasteiger partial charge in [-0.25, -0.2) is 4.39 Å². The summed E-state index contributed by atoms with van der Waals surface area (Å²) in [4.78, 5) is 0. The number of hydrogen-bond donors (Lipinski definition) is 2. The molecule has 1 aromatic rings. The lowest BCUT2D eigenvalue weighted by Crippen LogP contribution is -2.01. The Kier molecular flexibility index (Phi) is 2.57. The maximum Gasteiger partial charge on any atom is 0.123 e. The van der Waals surface area contributed by atoms with Crippen molar-refractivity contribution in [1.29, 1.82) is 0 Å². The van der Waals surface area contributed by atoms with Crippen LogP contribution in [0.15, 0.2) is 24.3 Å². The Hall–Kier alpha value is -0.930. The van der Waals surface area contributed by atoms with Crippen molar-refractivity contribution in [2.75, 3.05) is 6.61 Å². The van der Waals surface area contributed by atoms with E-state index in [1.165, 1.54) is 24.3 Å². The van der Waals surface area contributed by atoms with Crippen molar-refractivity contribution in [3.05, 3.63) is 35.6 Å². The van der Waals surface area contributed by atoms with Gasteiger partial charge in [0, 0.05) is 0 Å². The van der Waals surface area contributed by atoms with Crippen LogP contribution in [-0.4, -0.2) is 16.8 Å². The fourth-order valence-electron chi connectivity index (χ4n) is 0.790. The minimum absolute atomic E-state index is 0.342. The first-order chi connectivity index (χ1) is 5.24. The Labute approximate surface area is 63.9 Å². The first kappa shape index (κ1) is 8.17. The summed E-state index contributed by atoms with van der Waals surface area (Å²) in [5, 5.41) is 17.6. The zero-order valence-corrected chi connectivity index (χ0v) is 5.87. The maximum absolute atomic E-state index is 12.3. The van der Waals surface area contributed by atoms with Gasteiger partial charge in [-0.05, 0) is 17.7 Å². The maximum atomic E-state index is 12.3. The van der Waals surface area contributed by atoms with Crippen molar-refractivity contribution in [1.82, 2.24) is 0 Å². The molecule has 2 nitrogen and oxygen atoms in total. The van der Waals surface area contributed by atoms with Gasteiger partial charge in [0.05, 0.1) is 6.61 Å². The molecule has 3 heteroatoms. The molecule has 1 atom stereocenters. The molecular weight excluding hydrogens is 147 g/mol. The second kappa shape index (κ2) is 3.46. The van der Waals surface area contributed by atoms with E-state index in [-0.39, 0.29) is 12.4 Å². The van der Waals surface area contributed by atoms with Crippen LogP contribution >= 0.6 is 0 Å². The van der Waals surface area contributed by atoms with Gasteiger partial charge in [-0.2, -0.15) is 0 Å². The normalized spacial score (nSPS) is 13.0. The van der Waals surface area contributed by atoms with Gasteiger partial charge in [-0.3, -0.25) is 0 Å². The minimum atomic E-state index is -0.907. The van der Waals surface area contributed by atoms with Gasteiger partial charge in [0.2, 0.25) is 0 Å². The first-order valence-corrected chi connectivity index (χ1v) is 3.28. The van der Waals surface area contributed by atoms with E-state index >= 15 is 0 Å². The Morgan fingerprint density at radius 2 is 1.82 bits per heavy atom. The summed E-state index contributed by atoms with van der Waals surface area (Å²) in [6, 6.07) is 5.37. The van der Waals surface area contributed by atoms with Gasteiger partial charge in [0.25, 0.3) is 0 Å². The summed E-state index contributed by atoms with van der Waals surface area (Å²) < 4.78 is 12.3. The highest BCUT2D eigenvalue weighted by atomic mass is 19.1. The molecule has 0 radical (unpaired) electrons. The summed E-state index contributed by atoms with van der Waals surface area (Å²) in [5.74, 6) is -0.348. The second-order valence-electron chi connectivity index (χ2n) is 2.25. The third-order valence-corrected chi connectivity index (χ3v) is 1.43. The predicted octanol–water partition coefficient (Wildman–Crippen LogP) is 0.851. The lowest BCUT2D eigenvalue weighted by molar-refractivity contribution is 0.0955. The number of hydrogen-bond acceptors (Lipinski definition) is 2. The van der Waals surface area contributed by atoms with Gasteiger partial charge in [-0.1, -0.05) is 12.1 Å². The molecule has 11 heavy (non-hydrogen) atoms. The second-order valence-corrected chi connectivity index (χ2v) is 2.25. The molecule has 0 saturated heterocycles. The number of aliphatic hydroxyl groups is 2. The molecule has 2 N–H and O–H groups in total. The predicted molar refractivity (Wildman–Crippen MR) is 38.4 cm³/mol. The van der Waals surface area contributed by atoms with Crippen molar-refractivity contribution in [3.63, 3.8) is 0 Å². The highest BCUT2D eigenvalue weighted by molar-refractivity contribution is 5.18. The molecule has 1 aromatic carbocycles. The molecule has 0 amide bonds. The highest BCUT2D eigenvalue weighted by Crippen LogP contribution is 2.11. The van der Waals surface area contributed by atoms with Crippen molar-refractivity contribution in [2.24, 2.45) is 0 Å².